The average Bonchev–Trinajstić information content (AvgIpc) is 3.20. The summed E-state index contributed by atoms with van der Waals surface area (Å²) >= 11 is 2.30. The van der Waals surface area contributed by atoms with Crippen LogP contribution in [-0.2, 0) is 19.1 Å². The van der Waals surface area contributed by atoms with Gasteiger partial charge in [0.25, 0.3) is 11.8 Å². The number of fused-ring (bicyclic) bond motifs is 1. The summed E-state index contributed by atoms with van der Waals surface area (Å²) in [6.45, 7) is -0.0709. The Morgan fingerprint density at radius 3 is 2.76 bits per heavy atom. The van der Waals surface area contributed by atoms with Gasteiger partial charge in [0.1, 0.15) is 29.4 Å². The van der Waals surface area contributed by atoms with Crippen LogP contribution in [0.25, 0.3) is 0 Å². The number of nitrogens with two attached hydrogens (primary N) is 1. The number of hydrogen-bond donors (Lipinski definition) is 4. The Kier molecular flexibility index (Phi) is 7.23. The summed E-state index contributed by atoms with van der Waals surface area (Å²) in [7, 11) is 3.06. The quantitative estimate of drug-likeness (QED) is 0.172. The van der Waals surface area contributed by atoms with Crippen molar-refractivity contribution in [1.82, 2.24) is 20.1 Å². The number of carbonyl (C=O) groups excluding carboxylic acids is 3. The average molecular weight is 497 g/mol. The lowest BCUT2D eigenvalue weighted by Gasteiger charge is -2.49. The second-order valence-corrected chi connectivity index (χ2v) is 8.93. The highest BCUT2D eigenvalue weighted by Gasteiger charge is 2.54. The number of nitrogen functional groups attached to an aromatic ring is 1. The first-order chi connectivity index (χ1) is 15.6. The third-order valence-corrected chi connectivity index (χ3v) is 6.53. The lowest BCUT2D eigenvalue weighted by atomic mass is 10.0. The zero-order valence-corrected chi connectivity index (χ0v) is 19.1. The van der Waals surface area contributed by atoms with E-state index >= 15 is 0 Å². The lowest BCUT2D eigenvalue weighted by molar-refractivity contribution is -0.150. The van der Waals surface area contributed by atoms with E-state index in [2.05, 4.69) is 15.5 Å². The van der Waals surface area contributed by atoms with Gasteiger partial charge in [-0.1, -0.05) is 11.2 Å². The minimum absolute atomic E-state index is 0.0472. The number of oxime groups is 1. The molecule has 13 nitrogen and oxygen atoms in total. The Hall–Kier alpha value is -3.59. The number of carboxylic acids is 1. The Morgan fingerprint density at radius 1 is 1.45 bits per heavy atom. The van der Waals surface area contributed by atoms with E-state index in [9.17, 15) is 29.5 Å². The van der Waals surface area contributed by atoms with Gasteiger partial charge in [0.2, 0.25) is 0 Å². The molecular formula is C18H20N6O7S2. The van der Waals surface area contributed by atoms with Gasteiger partial charge in [0.15, 0.2) is 10.8 Å². The van der Waals surface area contributed by atoms with Crippen LogP contribution >= 0.6 is 23.1 Å². The second kappa shape index (κ2) is 9.91. The Labute approximate surface area is 195 Å². The largest absolute Gasteiger partial charge is 0.477 e. The van der Waals surface area contributed by atoms with Crippen LogP contribution in [0.1, 0.15) is 5.69 Å². The third kappa shape index (κ3) is 4.93. The molecular weight excluding hydrogens is 476 g/mol. The number of hydrogen-bond acceptors (Lipinski definition) is 11. The molecule has 3 rings (SSSR count). The minimum Gasteiger partial charge on any atom is -0.477 e. The van der Waals surface area contributed by atoms with Crippen LogP contribution < -0.4 is 11.1 Å². The minimum atomic E-state index is -1.31. The summed E-state index contributed by atoms with van der Waals surface area (Å²) in [6, 6.07) is -1.02. The van der Waals surface area contributed by atoms with Gasteiger partial charge in [0, 0.05) is 25.2 Å². The van der Waals surface area contributed by atoms with Crippen molar-refractivity contribution in [2.24, 2.45) is 5.16 Å². The van der Waals surface area contributed by atoms with Gasteiger partial charge < -0.3 is 31.0 Å². The molecule has 2 atom stereocenters. The number of thioether (sulfide) groups is 1. The Morgan fingerprint density at radius 2 is 2.18 bits per heavy atom. The van der Waals surface area contributed by atoms with E-state index < -0.39 is 41.0 Å². The number of allylic oxidation sites excluding steroid dienone is 1. The van der Waals surface area contributed by atoms with Crippen LogP contribution in [0.5, 0.6) is 0 Å². The van der Waals surface area contributed by atoms with Crippen molar-refractivity contribution >= 4 is 57.8 Å². The van der Waals surface area contributed by atoms with Crippen molar-refractivity contribution in [2.45, 2.75) is 11.4 Å². The molecule has 1 unspecified atom stereocenters. The molecule has 0 spiro atoms. The van der Waals surface area contributed by atoms with E-state index in [4.69, 9.17) is 10.5 Å². The van der Waals surface area contributed by atoms with Crippen LogP contribution in [0.4, 0.5) is 9.93 Å². The van der Waals surface area contributed by atoms with Gasteiger partial charge in [0.05, 0.1) is 0 Å². The van der Waals surface area contributed by atoms with Gasteiger partial charge in [-0.15, -0.1) is 23.1 Å². The first-order valence-electron chi connectivity index (χ1n) is 9.31. The normalized spacial score (nSPS) is 20.4. The number of carboxylic acid groups (broad SMARTS) is 1. The summed E-state index contributed by atoms with van der Waals surface area (Å²) < 4.78 is 4.96. The number of anilines is 1. The van der Waals surface area contributed by atoms with Crippen molar-refractivity contribution in [3.05, 3.63) is 34.5 Å². The second-order valence-electron chi connectivity index (χ2n) is 6.93. The van der Waals surface area contributed by atoms with Crippen LogP contribution in [0, 0.1) is 0 Å². The molecule has 5 N–H and O–H groups in total. The van der Waals surface area contributed by atoms with Crippen LogP contribution in [0.2, 0.25) is 0 Å². The number of aliphatic carboxylic acids is 1. The zero-order valence-electron chi connectivity index (χ0n) is 17.4. The number of nitrogens with one attached hydrogen (secondary N) is 1. The fourth-order valence-electron chi connectivity index (χ4n) is 3.03. The highest BCUT2D eigenvalue weighted by molar-refractivity contribution is 8.00. The highest BCUT2D eigenvalue weighted by Crippen LogP contribution is 2.40. The summed E-state index contributed by atoms with van der Waals surface area (Å²) in [5.74, 6) is -2.54. The predicted molar refractivity (Wildman–Crippen MR) is 119 cm³/mol. The zero-order chi connectivity index (χ0) is 24.3. The molecule has 1 saturated heterocycles. The Bertz CT molecular complexity index is 1080. The van der Waals surface area contributed by atoms with Crippen LogP contribution in [-0.4, -0.2) is 92.6 Å². The molecule has 3 heterocycles. The molecule has 0 radical (unpaired) electrons. The summed E-state index contributed by atoms with van der Waals surface area (Å²) in [5, 5.41) is 25.2. The molecule has 33 heavy (non-hydrogen) atoms. The first kappa shape index (κ1) is 24.1. The molecule has 1 aromatic heterocycles. The molecule has 2 aliphatic heterocycles. The van der Waals surface area contributed by atoms with Crippen molar-refractivity contribution in [2.75, 3.05) is 32.2 Å². The summed E-state index contributed by atoms with van der Waals surface area (Å²) in [4.78, 5) is 54.7. The SMILES string of the molecule is CN(C)C(=O)OC/C=C\C1=C(C(=O)O)N2C(=O)C(NC(=O)/C(=N\O)c3csc(N)n3)[C@H]2SC1. The molecule has 2 aliphatic rings. The number of carbonyl (C=O) groups is 4. The first-order valence-corrected chi connectivity index (χ1v) is 11.2. The van der Waals surface area contributed by atoms with E-state index in [1.807, 2.05) is 0 Å². The topological polar surface area (TPSA) is 188 Å². The number of rotatable bonds is 7. The van der Waals surface area contributed by atoms with E-state index in [1.54, 1.807) is 0 Å². The van der Waals surface area contributed by atoms with E-state index in [-0.39, 0.29) is 28.9 Å². The van der Waals surface area contributed by atoms with E-state index in [0.29, 0.717) is 5.57 Å². The molecule has 1 fully saturated rings. The van der Waals surface area contributed by atoms with Gasteiger partial charge in [-0.05, 0) is 11.6 Å². The maximum atomic E-state index is 12.7. The van der Waals surface area contributed by atoms with Crippen molar-refractivity contribution in [3.8, 4) is 0 Å². The smallest absolute Gasteiger partial charge is 0.409 e. The van der Waals surface area contributed by atoms with E-state index in [1.165, 1.54) is 48.3 Å². The van der Waals surface area contributed by atoms with Crippen molar-refractivity contribution in [3.63, 3.8) is 0 Å². The van der Waals surface area contributed by atoms with Crippen LogP contribution in [0.3, 0.4) is 0 Å². The molecule has 0 aromatic carbocycles. The fraction of sp³-hybridized carbons (Fsp3) is 0.333. The van der Waals surface area contributed by atoms with Crippen molar-refractivity contribution in [1.29, 1.82) is 0 Å². The molecule has 0 bridgehead atoms. The fourth-order valence-corrected chi connectivity index (χ4v) is 4.90. The number of ether oxygens (including phenoxy) is 1. The standard InChI is InChI=1S/C18H20N6O7S2/c1-23(2)18(29)31-5-3-4-8-6-32-15-11(14(26)24(15)12(8)16(27)28)21-13(25)10(22-30)9-7-33-17(19)20-9/h3-4,7,11,15,30H,5-6H2,1-2H3,(H2,19,20)(H,21,25)(H,27,28)/b4-3-,22-10-/t11?,15-/m1/s1. The number of amides is 3. The number of thiazole rings is 1. The van der Waals surface area contributed by atoms with Gasteiger partial charge in [-0.3, -0.25) is 14.5 Å². The highest BCUT2D eigenvalue weighted by atomic mass is 32.2. The van der Waals surface area contributed by atoms with Crippen molar-refractivity contribution < 1.29 is 34.2 Å². The predicted octanol–water partition coefficient (Wildman–Crippen LogP) is -0.103. The molecule has 3 amide bonds. The lowest BCUT2D eigenvalue weighted by Crippen LogP contribution is -2.71. The van der Waals surface area contributed by atoms with Gasteiger partial charge >= 0.3 is 12.1 Å². The molecule has 176 valence electrons. The van der Waals surface area contributed by atoms with Gasteiger partial charge in [-0.25, -0.2) is 14.6 Å². The number of nitrogens with zero attached hydrogens (tertiary/aromatic N) is 4. The number of aromatic nitrogens is 1. The monoisotopic (exact) mass is 496 g/mol. The molecule has 0 saturated carbocycles. The van der Waals surface area contributed by atoms with Gasteiger partial charge in [-0.2, -0.15) is 0 Å². The number of β-lactam (4-membered cyclic amide) rings is 1. The maximum absolute atomic E-state index is 12.7. The Balaban J connectivity index is 1.71. The maximum Gasteiger partial charge on any atom is 0.409 e. The summed E-state index contributed by atoms with van der Waals surface area (Å²) in [5.41, 5.74) is 5.30. The van der Waals surface area contributed by atoms with E-state index in [0.717, 1.165) is 16.2 Å². The summed E-state index contributed by atoms with van der Waals surface area (Å²) in [6.07, 6.45) is 2.42. The third-order valence-electron chi connectivity index (χ3n) is 4.55. The molecule has 15 heteroatoms. The molecule has 1 aromatic rings. The van der Waals surface area contributed by atoms with Crippen LogP contribution in [0.15, 0.2) is 34.0 Å². The molecule has 0 aliphatic carbocycles.